The Morgan fingerprint density at radius 3 is 2.94 bits per heavy atom. The van der Waals surface area contributed by atoms with Crippen molar-refractivity contribution in [3.8, 4) is 0 Å². The average molecular weight is 219 g/mol. The summed E-state index contributed by atoms with van der Waals surface area (Å²) in [4.78, 5) is 27.9. The van der Waals surface area contributed by atoms with Gasteiger partial charge in [-0.1, -0.05) is 6.08 Å². The monoisotopic (exact) mass is 219 g/mol. The summed E-state index contributed by atoms with van der Waals surface area (Å²) in [5, 5.41) is 11.2. The molecule has 5 heteroatoms. The van der Waals surface area contributed by atoms with Crippen LogP contribution in [0.15, 0.2) is 28.9 Å². The number of amides is 1. The lowest BCUT2D eigenvalue weighted by Gasteiger charge is -2.46. The number of carboxylic acids is 1. The smallest absolute Gasteiger partial charge is 0.250 e. The molecule has 0 fully saturated rings. The zero-order valence-electron chi connectivity index (χ0n) is 9.06. The molecule has 1 amide bonds. The third kappa shape index (κ3) is 1.36. The van der Waals surface area contributed by atoms with Crippen molar-refractivity contribution in [2.24, 2.45) is 4.99 Å². The summed E-state index contributed by atoms with van der Waals surface area (Å²) in [6.07, 6.45) is 4.96. The van der Waals surface area contributed by atoms with E-state index in [1.54, 1.807) is 25.2 Å². The SMILES string of the molecule is CC1=CC=CC2=NC(=O)CC(C)(C(=O)[O-])N12. The normalized spacial score (nSPS) is 28.4. The van der Waals surface area contributed by atoms with E-state index in [0.717, 1.165) is 5.70 Å². The highest BCUT2D eigenvalue weighted by atomic mass is 16.4. The van der Waals surface area contributed by atoms with Gasteiger partial charge in [-0.3, -0.25) is 4.79 Å². The maximum atomic E-state index is 11.4. The van der Waals surface area contributed by atoms with Crippen LogP contribution in [0.3, 0.4) is 0 Å². The Hall–Kier alpha value is -1.91. The summed E-state index contributed by atoms with van der Waals surface area (Å²) in [7, 11) is 0. The minimum absolute atomic E-state index is 0.169. The van der Waals surface area contributed by atoms with Crippen molar-refractivity contribution in [3.05, 3.63) is 23.9 Å². The molecule has 5 nitrogen and oxygen atoms in total. The number of carboxylic acid groups (broad SMARTS) is 1. The number of carbonyl (C=O) groups is 2. The minimum Gasteiger partial charge on any atom is -0.548 e. The first kappa shape index (κ1) is 10.6. The van der Waals surface area contributed by atoms with Crippen LogP contribution in [0.25, 0.3) is 0 Å². The van der Waals surface area contributed by atoms with Crippen LogP contribution >= 0.6 is 0 Å². The van der Waals surface area contributed by atoms with E-state index in [1.165, 1.54) is 11.8 Å². The lowest BCUT2D eigenvalue weighted by Crippen LogP contribution is -2.62. The van der Waals surface area contributed by atoms with Crippen LogP contribution in [0.5, 0.6) is 0 Å². The Bertz CT molecular complexity index is 462. The first-order chi connectivity index (χ1) is 7.45. The number of aliphatic carboxylic acids is 1. The lowest BCUT2D eigenvalue weighted by molar-refractivity contribution is -0.316. The molecule has 2 aliphatic rings. The number of hydrogen-bond donors (Lipinski definition) is 0. The van der Waals surface area contributed by atoms with Crippen LogP contribution in [0.1, 0.15) is 20.3 Å². The fraction of sp³-hybridized carbons (Fsp3) is 0.364. The van der Waals surface area contributed by atoms with Crippen LogP contribution in [0, 0.1) is 0 Å². The van der Waals surface area contributed by atoms with Crippen LogP contribution in [0.2, 0.25) is 0 Å². The highest BCUT2D eigenvalue weighted by Gasteiger charge is 2.42. The Labute approximate surface area is 92.8 Å². The number of nitrogens with zero attached hydrogens (tertiary/aromatic N) is 2. The van der Waals surface area contributed by atoms with Crippen LogP contribution in [-0.4, -0.2) is 28.2 Å². The molecule has 0 aliphatic carbocycles. The molecule has 0 saturated heterocycles. The van der Waals surface area contributed by atoms with Crippen molar-refractivity contribution in [2.75, 3.05) is 0 Å². The molecule has 0 N–H and O–H groups in total. The number of rotatable bonds is 1. The molecule has 0 saturated carbocycles. The molecular formula is C11H11N2O3-. The first-order valence-electron chi connectivity index (χ1n) is 4.93. The second kappa shape index (κ2) is 3.30. The lowest BCUT2D eigenvalue weighted by atomic mass is 9.91. The van der Waals surface area contributed by atoms with E-state index in [9.17, 15) is 14.7 Å². The van der Waals surface area contributed by atoms with E-state index in [4.69, 9.17) is 0 Å². The zero-order valence-corrected chi connectivity index (χ0v) is 9.06. The van der Waals surface area contributed by atoms with Gasteiger partial charge in [0.2, 0.25) is 5.91 Å². The summed E-state index contributed by atoms with van der Waals surface area (Å²) in [6, 6.07) is 0. The highest BCUT2D eigenvalue weighted by Crippen LogP contribution is 2.30. The van der Waals surface area contributed by atoms with Crippen LogP contribution < -0.4 is 5.11 Å². The molecule has 1 atom stereocenters. The second-order valence-electron chi connectivity index (χ2n) is 4.10. The van der Waals surface area contributed by atoms with Gasteiger partial charge in [-0.2, -0.15) is 4.99 Å². The highest BCUT2D eigenvalue weighted by molar-refractivity contribution is 6.08. The van der Waals surface area contributed by atoms with E-state index >= 15 is 0 Å². The van der Waals surface area contributed by atoms with Gasteiger partial charge in [0.15, 0.2) is 0 Å². The first-order valence-corrected chi connectivity index (χ1v) is 4.93. The standard InChI is InChI=1S/C11H12N2O3/c1-7-4-3-5-8-12-9(14)6-11(2,10(15)16)13(7)8/h3-5H,6H2,1-2H3,(H,15,16)/p-1. The van der Waals surface area contributed by atoms with Crippen LogP contribution in [0.4, 0.5) is 0 Å². The van der Waals surface area contributed by atoms with E-state index in [0.29, 0.717) is 5.84 Å². The predicted octanol–water partition coefficient (Wildman–Crippen LogP) is -0.401. The molecular weight excluding hydrogens is 208 g/mol. The Morgan fingerprint density at radius 2 is 2.31 bits per heavy atom. The largest absolute Gasteiger partial charge is 0.548 e. The molecule has 0 aromatic carbocycles. The van der Waals surface area contributed by atoms with Gasteiger partial charge in [0, 0.05) is 5.70 Å². The molecule has 0 spiro atoms. The number of aliphatic imine (C=N–C) groups is 1. The van der Waals surface area contributed by atoms with Gasteiger partial charge in [-0.05, 0) is 26.0 Å². The molecule has 0 aromatic heterocycles. The number of hydrogen-bond acceptors (Lipinski definition) is 4. The molecule has 1 unspecified atom stereocenters. The molecule has 2 rings (SSSR count). The van der Waals surface area contributed by atoms with E-state index in [1.807, 2.05) is 0 Å². The molecule has 0 aromatic rings. The summed E-state index contributed by atoms with van der Waals surface area (Å²) in [5.74, 6) is -1.34. The second-order valence-corrected chi connectivity index (χ2v) is 4.10. The predicted molar refractivity (Wildman–Crippen MR) is 55.2 cm³/mol. The summed E-state index contributed by atoms with van der Waals surface area (Å²) >= 11 is 0. The third-order valence-corrected chi connectivity index (χ3v) is 2.83. The quantitative estimate of drug-likeness (QED) is 0.601. The molecule has 84 valence electrons. The maximum Gasteiger partial charge on any atom is 0.250 e. The Balaban J connectivity index is 2.56. The zero-order chi connectivity index (χ0) is 11.9. The van der Waals surface area contributed by atoms with Crippen molar-refractivity contribution < 1.29 is 14.7 Å². The fourth-order valence-corrected chi connectivity index (χ4v) is 2.04. The van der Waals surface area contributed by atoms with E-state index < -0.39 is 17.4 Å². The van der Waals surface area contributed by atoms with Gasteiger partial charge in [-0.15, -0.1) is 0 Å². The average Bonchev–Trinajstić information content (AvgIpc) is 2.16. The summed E-state index contributed by atoms with van der Waals surface area (Å²) in [5.41, 5.74) is -0.611. The van der Waals surface area contributed by atoms with Crippen molar-refractivity contribution in [1.82, 2.24) is 4.90 Å². The molecule has 2 heterocycles. The molecule has 0 radical (unpaired) electrons. The number of fused-ring (bicyclic) bond motifs is 1. The molecule has 0 bridgehead atoms. The fourth-order valence-electron chi connectivity index (χ4n) is 2.04. The summed E-state index contributed by atoms with van der Waals surface area (Å²) < 4.78 is 0. The number of allylic oxidation sites excluding steroid dienone is 3. The Morgan fingerprint density at radius 1 is 1.62 bits per heavy atom. The minimum atomic E-state index is -1.35. The topological polar surface area (TPSA) is 72.8 Å². The van der Waals surface area contributed by atoms with Crippen molar-refractivity contribution >= 4 is 17.7 Å². The summed E-state index contributed by atoms with van der Waals surface area (Å²) in [6.45, 7) is 3.25. The Kier molecular flexibility index (Phi) is 2.18. The van der Waals surface area contributed by atoms with E-state index in [2.05, 4.69) is 4.99 Å². The van der Waals surface area contributed by atoms with Crippen molar-refractivity contribution in [2.45, 2.75) is 25.8 Å². The van der Waals surface area contributed by atoms with Gasteiger partial charge >= 0.3 is 0 Å². The van der Waals surface area contributed by atoms with Gasteiger partial charge in [0.05, 0.1) is 17.9 Å². The van der Waals surface area contributed by atoms with E-state index in [-0.39, 0.29) is 6.42 Å². The van der Waals surface area contributed by atoms with Gasteiger partial charge in [-0.25, -0.2) is 0 Å². The van der Waals surface area contributed by atoms with Crippen LogP contribution in [-0.2, 0) is 9.59 Å². The number of amidine groups is 1. The molecule has 16 heavy (non-hydrogen) atoms. The number of carbonyl (C=O) groups excluding carboxylic acids is 2. The van der Waals surface area contributed by atoms with Gasteiger partial charge in [0.1, 0.15) is 5.84 Å². The van der Waals surface area contributed by atoms with Gasteiger partial charge in [0.25, 0.3) is 0 Å². The third-order valence-electron chi connectivity index (χ3n) is 2.83. The van der Waals surface area contributed by atoms with Crippen molar-refractivity contribution in [3.63, 3.8) is 0 Å². The van der Waals surface area contributed by atoms with Gasteiger partial charge < -0.3 is 14.8 Å². The molecule has 2 aliphatic heterocycles. The van der Waals surface area contributed by atoms with Crippen molar-refractivity contribution in [1.29, 1.82) is 0 Å². The maximum absolute atomic E-state index is 11.4.